The van der Waals surface area contributed by atoms with Gasteiger partial charge < -0.3 is 10.2 Å². The highest BCUT2D eigenvalue weighted by Gasteiger charge is 2.18. The largest absolute Gasteiger partial charge is 0.351 e. The van der Waals surface area contributed by atoms with E-state index in [1.165, 1.54) is 21.2 Å². The number of halogens is 1. The molecule has 3 aromatic rings. The van der Waals surface area contributed by atoms with Crippen LogP contribution in [0.15, 0.2) is 41.5 Å². The molecular weight excluding hydrogens is 311 g/mol. The molecule has 1 saturated heterocycles. The standard InChI is InChI=1S/C16H17FN6O/c17-13-3-1-12(2-4-13)11-23-16(24)22-10-7-19-14(15(22)20-23)21-8-5-18-6-9-21/h1-4,7,10,18H,5-6,8-9,11H2. The lowest BCUT2D eigenvalue weighted by atomic mass is 10.2. The van der Waals surface area contributed by atoms with Crippen molar-refractivity contribution in [1.29, 1.82) is 0 Å². The molecular formula is C16H17FN6O. The van der Waals surface area contributed by atoms with Gasteiger partial charge in [-0.15, -0.1) is 5.10 Å². The van der Waals surface area contributed by atoms with E-state index in [1.54, 1.807) is 24.5 Å². The van der Waals surface area contributed by atoms with E-state index in [1.807, 2.05) is 0 Å². The lowest BCUT2D eigenvalue weighted by Gasteiger charge is -2.28. The fourth-order valence-electron chi connectivity index (χ4n) is 2.90. The van der Waals surface area contributed by atoms with Gasteiger partial charge in [0.25, 0.3) is 0 Å². The zero-order valence-electron chi connectivity index (χ0n) is 13.0. The van der Waals surface area contributed by atoms with Gasteiger partial charge in [-0.3, -0.25) is 0 Å². The SMILES string of the molecule is O=c1n(Cc2ccc(F)cc2)nc2c(N3CCNCC3)nccn12. The number of hydrogen-bond acceptors (Lipinski definition) is 5. The van der Waals surface area contributed by atoms with Gasteiger partial charge in [-0.05, 0) is 17.7 Å². The van der Waals surface area contributed by atoms with Crippen LogP contribution in [0.2, 0.25) is 0 Å². The van der Waals surface area contributed by atoms with Gasteiger partial charge in [0.1, 0.15) is 5.82 Å². The van der Waals surface area contributed by atoms with Crippen molar-refractivity contribution >= 4 is 11.5 Å². The second-order valence-electron chi connectivity index (χ2n) is 5.75. The Morgan fingerprint density at radius 1 is 1.17 bits per heavy atom. The van der Waals surface area contributed by atoms with E-state index in [9.17, 15) is 9.18 Å². The summed E-state index contributed by atoms with van der Waals surface area (Å²) in [6.45, 7) is 3.70. The molecule has 0 saturated carbocycles. The Bertz CT molecular complexity index is 910. The molecule has 1 N–H and O–H groups in total. The first kappa shape index (κ1) is 14.8. The summed E-state index contributed by atoms with van der Waals surface area (Å²) in [6.07, 6.45) is 3.24. The smallest absolute Gasteiger partial charge is 0.350 e. The van der Waals surface area contributed by atoms with Crippen molar-refractivity contribution in [2.45, 2.75) is 6.54 Å². The average molecular weight is 328 g/mol. The third kappa shape index (κ3) is 2.65. The molecule has 0 spiro atoms. The molecule has 0 bridgehead atoms. The summed E-state index contributed by atoms with van der Waals surface area (Å²) in [4.78, 5) is 19.1. The van der Waals surface area contributed by atoms with Crippen molar-refractivity contribution in [3.05, 3.63) is 58.5 Å². The Morgan fingerprint density at radius 2 is 1.92 bits per heavy atom. The number of hydrogen-bond donors (Lipinski definition) is 1. The number of aromatic nitrogens is 4. The van der Waals surface area contributed by atoms with E-state index >= 15 is 0 Å². The molecule has 8 heteroatoms. The summed E-state index contributed by atoms with van der Waals surface area (Å²) in [5.74, 6) is 0.417. The Hall–Kier alpha value is -2.74. The Morgan fingerprint density at radius 3 is 2.67 bits per heavy atom. The predicted octanol–water partition coefficient (Wildman–Crippen LogP) is 0.488. The molecule has 4 rings (SSSR count). The number of rotatable bonds is 3. The first-order valence-electron chi connectivity index (χ1n) is 7.87. The number of nitrogens with zero attached hydrogens (tertiary/aromatic N) is 5. The molecule has 1 aliphatic heterocycles. The molecule has 1 aliphatic rings. The maximum Gasteiger partial charge on any atom is 0.350 e. The van der Waals surface area contributed by atoms with E-state index in [0.29, 0.717) is 18.0 Å². The number of anilines is 1. The molecule has 0 atom stereocenters. The third-order valence-electron chi connectivity index (χ3n) is 4.15. The molecule has 3 heterocycles. The van der Waals surface area contributed by atoms with Gasteiger partial charge >= 0.3 is 5.69 Å². The van der Waals surface area contributed by atoms with Gasteiger partial charge in [-0.25, -0.2) is 23.3 Å². The van der Waals surface area contributed by atoms with Crippen molar-refractivity contribution in [3.8, 4) is 0 Å². The number of fused-ring (bicyclic) bond motifs is 1. The van der Waals surface area contributed by atoms with E-state index in [2.05, 4.69) is 20.3 Å². The minimum atomic E-state index is -0.300. The number of piperazine rings is 1. The summed E-state index contributed by atoms with van der Waals surface area (Å²) in [7, 11) is 0. The van der Waals surface area contributed by atoms with E-state index in [4.69, 9.17) is 0 Å². The van der Waals surface area contributed by atoms with Gasteiger partial charge in [0.2, 0.25) is 5.65 Å². The third-order valence-corrected chi connectivity index (χ3v) is 4.15. The molecule has 1 fully saturated rings. The Kier molecular flexibility index (Phi) is 3.73. The van der Waals surface area contributed by atoms with Crippen molar-refractivity contribution in [2.24, 2.45) is 0 Å². The normalized spacial score (nSPS) is 15.1. The van der Waals surface area contributed by atoms with Crippen molar-refractivity contribution in [1.82, 2.24) is 24.5 Å². The van der Waals surface area contributed by atoms with Crippen LogP contribution in [-0.4, -0.2) is 45.3 Å². The first-order chi connectivity index (χ1) is 11.7. The number of nitrogens with one attached hydrogen (secondary N) is 1. The van der Waals surface area contributed by atoms with E-state index < -0.39 is 0 Å². The fraction of sp³-hybridized carbons (Fsp3) is 0.312. The molecule has 0 radical (unpaired) electrons. The van der Waals surface area contributed by atoms with Crippen molar-refractivity contribution < 1.29 is 4.39 Å². The van der Waals surface area contributed by atoms with Gasteiger partial charge in [0.05, 0.1) is 6.54 Å². The van der Waals surface area contributed by atoms with Crippen LogP contribution in [0.4, 0.5) is 10.2 Å². The van der Waals surface area contributed by atoms with Crippen molar-refractivity contribution in [2.75, 3.05) is 31.1 Å². The van der Waals surface area contributed by atoms with Crippen molar-refractivity contribution in [3.63, 3.8) is 0 Å². The highest BCUT2D eigenvalue weighted by atomic mass is 19.1. The van der Waals surface area contributed by atoms with Crippen LogP contribution in [-0.2, 0) is 6.54 Å². The maximum atomic E-state index is 13.0. The van der Waals surface area contributed by atoms with Crippen LogP contribution in [0.25, 0.3) is 5.65 Å². The predicted molar refractivity (Wildman–Crippen MR) is 87.8 cm³/mol. The van der Waals surface area contributed by atoms with E-state index in [-0.39, 0.29) is 11.5 Å². The van der Waals surface area contributed by atoms with Gasteiger partial charge in [0.15, 0.2) is 5.82 Å². The molecule has 1 aromatic carbocycles. The Balaban J connectivity index is 1.73. The maximum absolute atomic E-state index is 13.0. The summed E-state index contributed by atoms with van der Waals surface area (Å²) in [5.41, 5.74) is 1.14. The zero-order valence-corrected chi connectivity index (χ0v) is 13.0. The monoisotopic (exact) mass is 328 g/mol. The van der Waals surface area contributed by atoms with Crippen LogP contribution in [0.5, 0.6) is 0 Å². The van der Waals surface area contributed by atoms with Crippen LogP contribution < -0.4 is 15.9 Å². The second-order valence-corrected chi connectivity index (χ2v) is 5.75. The fourth-order valence-corrected chi connectivity index (χ4v) is 2.90. The molecule has 0 aliphatic carbocycles. The molecule has 7 nitrogen and oxygen atoms in total. The lowest BCUT2D eigenvalue weighted by Crippen LogP contribution is -2.44. The van der Waals surface area contributed by atoms with Crippen LogP contribution in [0.3, 0.4) is 0 Å². The second kappa shape index (κ2) is 6.04. The van der Waals surface area contributed by atoms with Gasteiger partial charge in [-0.2, -0.15) is 0 Å². The minimum absolute atomic E-state index is 0.229. The summed E-state index contributed by atoms with van der Waals surface area (Å²) >= 11 is 0. The van der Waals surface area contributed by atoms with Gasteiger partial charge in [-0.1, -0.05) is 12.1 Å². The molecule has 0 unspecified atom stereocenters. The molecule has 2 aromatic heterocycles. The summed E-state index contributed by atoms with van der Waals surface area (Å²) < 4.78 is 15.9. The number of benzene rings is 1. The molecule has 24 heavy (non-hydrogen) atoms. The van der Waals surface area contributed by atoms with E-state index in [0.717, 1.165) is 31.7 Å². The van der Waals surface area contributed by atoms with Gasteiger partial charge in [0, 0.05) is 38.6 Å². The highest BCUT2D eigenvalue weighted by Crippen LogP contribution is 2.16. The summed E-state index contributed by atoms with van der Waals surface area (Å²) in [6, 6.07) is 6.07. The van der Waals surface area contributed by atoms with Crippen LogP contribution in [0.1, 0.15) is 5.56 Å². The molecule has 0 amide bonds. The molecule has 124 valence electrons. The van der Waals surface area contributed by atoms with Crippen LogP contribution in [0, 0.1) is 5.82 Å². The summed E-state index contributed by atoms with van der Waals surface area (Å²) in [5, 5.41) is 7.75. The Labute approximate surface area is 137 Å². The lowest BCUT2D eigenvalue weighted by molar-refractivity contribution is 0.585. The zero-order chi connectivity index (χ0) is 16.5. The quantitative estimate of drug-likeness (QED) is 0.758. The van der Waals surface area contributed by atoms with Crippen LogP contribution >= 0.6 is 0 Å². The average Bonchev–Trinajstić information content (AvgIpc) is 2.94. The topological polar surface area (TPSA) is 67.5 Å². The first-order valence-corrected chi connectivity index (χ1v) is 7.87. The minimum Gasteiger partial charge on any atom is -0.351 e. The highest BCUT2D eigenvalue weighted by molar-refractivity contribution is 5.63.